The molecule has 0 spiro atoms. The van der Waals surface area contributed by atoms with E-state index in [1.807, 2.05) is 31.2 Å². The lowest BCUT2D eigenvalue weighted by Gasteiger charge is -2.32. The van der Waals surface area contributed by atoms with Crippen molar-refractivity contribution in [2.24, 2.45) is 5.92 Å². The average Bonchev–Trinajstić information content (AvgIpc) is 2.70. The van der Waals surface area contributed by atoms with Crippen molar-refractivity contribution < 1.29 is 14.0 Å². The fourth-order valence-corrected chi connectivity index (χ4v) is 3.65. The summed E-state index contributed by atoms with van der Waals surface area (Å²) in [6, 6.07) is 13.6. The highest BCUT2D eigenvalue weighted by molar-refractivity contribution is 5.89. The number of piperidine rings is 1. The molecule has 2 aromatic rings. The number of benzene rings is 2. The third kappa shape index (κ3) is 6.59. The lowest BCUT2D eigenvalue weighted by atomic mass is 9.93. The molecule has 6 heteroatoms. The Bertz CT molecular complexity index is 830. The van der Waals surface area contributed by atoms with Gasteiger partial charge in [-0.25, -0.2) is 9.18 Å². The number of urea groups is 1. The van der Waals surface area contributed by atoms with Crippen LogP contribution < -0.4 is 10.6 Å². The Labute approximate surface area is 171 Å². The molecule has 0 bridgehead atoms. The first-order valence-electron chi connectivity index (χ1n) is 10.1. The zero-order valence-corrected chi connectivity index (χ0v) is 16.8. The first-order chi connectivity index (χ1) is 14.0. The van der Waals surface area contributed by atoms with Gasteiger partial charge in [-0.2, -0.15) is 0 Å². The number of likely N-dealkylation sites (tertiary alicyclic amines) is 1. The van der Waals surface area contributed by atoms with E-state index in [-0.39, 0.29) is 17.8 Å². The Morgan fingerprint density at radius 1 is 1.10 bits per heavy atom. The van der Waals surface area contributed by atoms with Gasteiger partial charge in [0.15, 0.2) is 0 Å². The molecule has 0 atom stereocenters. The lowest BCUT2D eigenvalue weighted by Crippen LogP contribution is -2.41. The van der Waals surface area contributed by atoms with Crippen LogP contribution >= 0.6 is 0 Å². The van der Waals surface area contributed by atoms with Crippen LogP contribution in [-0.4, -0.2) is 36.5 Å². The van der Waals surface area contributed by atoms with Gasteiger partial charge in [-0.15, -0.1) is 0 Å². The number of carbonyl (C=O) groups excluding carboxylic acids is 2. The standard InChI is InChI=1S/C23H28FN3O2/c1-17-3-2-4-19(15-17)16-22(28)25-12-9-18-10-13-27(14-11-18)23(29)26-21-7-5-20(24)6-8-21/h2-8,15,18H,9-14,16H2,1H3,(H,25,28)(H,26,29). The maximum atomic E-state index is 12.9. The highest BCUT2D eigenvalue weighted by atomic mass is 19.1. The number of hydrogen-bond acceptors (Lipinski definition) is 2. The number of halogens is 1. The molecule has 0 saturated carbocycles. The second-order valence-corrected chi connectivity index (χ2v) is 7.67. The van der Waals surface area contributed by atoms with Gasteiger partial charge in [0.25, 0.3) is 0 Å². The summed E-state index contributed by atoms with van der Waals surface area (Å²) >= 11 is 0. The van der Waals surface area contributed by atoms with E-state index in [1.54, 1.807) is 17.0 Å². The maximum Gasteiger partial charge on any atom is 0.321 e. The third-order valence-corrected chi connectivity index (χ3v) is 5.32. The van der Waals surface area contributed by atoms with Crippen LogP contribution in [0.1, 0.15) is 30.4 Å². The normalized spacial score (nSPS) is 14.5. The number of anilines is 1. The first-order valence-corrected chi connectivity index (χ1v) is 10.1. The molecule has 3 rings (SSSR count). The maximum absolute atomic E-state index is 12.9. The summed E-state index contributed by atoms with van der Waals surface area (Å²) in [5, 5.41) is 5.81. The fraction of sp³-hybridized carbons (Fsp3) is 0.391. The topological polar surface area (TPSA) is 61.4 Å². The molecule has 0 aliphatic carbocycles. The molecular weight excluding hydrogens is 369 g/mol. The van der Waals surface area contributed by atoms with Crippen LogP contribution in [0.4, 0.5) is 14.9 Å². The molecule has 1 saturated heterocycles. The van der Waals surface area contributed by atoms with Gasteiger partial charge in [-0.05, 0) is 61.9 Å². The molecule has 1 fully saturated rings. The molecule has 3 amide bonds. The largest absolute Gasteiger partial charge is 0.356 e. The van der Waals surface area contributed by atoms with Gasteiger partial charge < -0.3 is 15.5 Å². The zero-order valence-electron chi connectivity index (χ0n) is 16.8. The molecule has 2 N–H and O–H groups in total. The van der Waals surface area contributed by atoms with Crippen molar-refractivity contribution in [1.82, 2.24) is 10.2 Å². The summed E-state index contributed by atoms with van der Waals surface area (Å²) in [6.07, 6.45) is 3.17. The predicted molar refractivity (Wildman–Crippen MR) is 112 cm³/mol. The van der Waals surface area contributed by atoms with E-state index in [0.717, 1.165) is 30.4 Å². The fourth-order valence-electron chi connectivity index (χ4n) is 3.65. The smallest absolute Gasteiger partial charge is 0.321 e. The minimum Gasteiger partial charge on any atom is -0.356 e. The van der Waals surface area contributed by atoms with Crippen LogP contribution in [0.2, 0.25) is 0 Å². The average molecular weight is 397 g/mol. The lowest BCUT2D eigenvalue weighted by molar-refractivity contribution is -0.120. The van der Waals surface area contributed by atoms with E-state index >= 15 is 0 Å². The number of aryl methyl sites for hydroxylation is 1. The summed E-state index contributed by atoms with van der Waals surface area (Å²) < 4.78 is 12.9. The van der Waals surface area contributed by atoms with Gasteiger partial charge in [0, 0.05) is 25.3 Å². The molecule has 0 radical (unpaired) electrons. The Kier molecular flexibility index (Phi) is 7.22. The second kappa shape index (κ2) is 10.0. The van der Waals surface area contributed by atoms with Crippen molar-refractivity contribution in [3.05, 3.63) is 65.5 Å². The zero-order chi connectivity index (χ0) is 20.6. The molecule has 2 aromatic carbocycles. The van der Waals surface area contributed by atoms with Crippen LogP contribution in [0, 0.1) is 18.7 Å². The molecule has 5 nitrogen and oxygen atoms in total. The molecular formula is C23H28FN3O2. The van der Waals surface area contributed by atoms with E-state index in [2.05, 4.69) is 10.6 Å². The molecule has 1 aliphatic rings. The minimum atomic E-state index is -0.324. The van der Waals surface area contributed by atoms with E-state index in [0.29, 0.717) is 37.7 Å². The van der Waals surface area contributed by atoms with E-state index in [9.17, 15) is 14.0 Å². The number of amides is 3. The Morgan fingerprint density at radius 3 is 2.52 bits per heavy atom. The quantitative estimate of drug-likeness (QED) is 0.770. The second-order valence-electron chi connectivity index (χ2n) is 7.67. The van der Waals surface area contributed by atoms with Gasteiger partial charge in [-0.3, -0.25) is 4.79 Å². The van der Waals surface area contributed by atoms with Crippen molar-refractivity contribution in [2.45, 2.75) is 32.6 Å². The summed E-state index contributed by atoms with van der Waals surface area (Å²) in [6.45, 7) is 4.06. The Morgan fingerprint density at radius 2 is 1.83 bits per heavy atom. The molecule has 1 heterocycles. The highest BCUT2D eigenvalue weighted by Crippen LogP contribution is 2.21. The number of hydrogen-bond donors (Lipinski definition) is 2. The van der Waals surface area contributed by atoms with Crippen molar-refractivity contribution in [3.63, 3.8) is 0 Å². The predicted octanol–water partition coefficient (Wildman–Crippen LogP) is 4.13. The van der Waals surface area contributed by atoms with Crippen molar-refractivity contribution in [3.8, 4) is 0 Å². The molecule has 0 unspecified atom stereocenters. The van der Waals surface area contributed by atoms with Gasteiger partial charge in [-0.1, -0.05) is 29.8 Å². The number of nitrogens with one attached hydrogen (secondary N) is 2. The summed E-state index contributed by atoms with van der Waals surface area (Å²) in [7, 11) is 0. The summed E-state index contributed by atoms with van der Waals surface area (Å²) in [4.78, 5) is 26.2. The van der Waals surface area contributed by atoms with E-state index < -0.39 is 0 Å². The van der Waals surface area contributed by atoms with Crippen molar-refractivity contribution in [1.29, 1.82) is 0 Å². The number of rotatable bonds is 6. The Balaban J connectivity index is 1.33. The SMILES string of the molecule is Cc1cccc(CC(=O)NCCC2CCN(C(=O)Nc3ccc(F)cc3)CC2)c1. The van der Waals surface area contributed by atoms with Crippen LogP contribution in [0.15, 0.2) is 48.5 Å². The summed E-state index contributed by atoms with van der Waals surface area (Å²) in [5.41, 5.74) is 2.78. The summed E-state index contributed by atoms with van der Waals surface area (Å²) in [5.74, 6) is 0.227. The van der Waals surface area contributed by atoms with Gasteiger partial charge >= 0.3 is 6.03 Å². The minimum absolute atomic E-state index is 0.0479. The van der Waals surface area contributed by atoms with Crippen molar-refractivity contribution in [2.75, 3.05) is 25.0 Å². The molecule has 0 aromatic heterocycles. The first kappa shape index (κ1) is 20.8. The number of nitrogens with zero attached hydrogens (tertiary/aromatic N) is 1. The highest BCUT2D eigenvalue weighted by Gasteiger charge is 2.22. The van der Waals surface area contributed by atoms with Gasteiger partial charge in [0.2, 0.25) is 5.91 Å². The van der Waals surface area contributed by atoms with Crippen LogP contribution in [0.5, 0.6) is 0 Å². The molecule has 154 valence electrons. The van der Waals surface area contributed by atoms with Crippen LogP contribution in [0.3, 0.4) is 0 Å². The van der Waals surface area contributed by atoms with Gasteiger partial charge in [0.05, 0.1) is 6.42 Å². The van der Waals surface area contributed by atoms with E-state index in [1.165, 1.54) is 12.1 Å². The van der Waals surface area contributed by atoms with Crippen LogP contribution in [-0.2, 0) is 11.2 Å². The Hall–Kier alpha value is -2.89. The third-order valence-electron chi connectivity index (χ3n) is 5.32. The van der Waals surface area contributed by atoms with Crippen LogP contribution in [0.25, 0.3) is 0 Å². The van der Waals surface area contributed by atoms with Crippen molar-refractivity contribution >= 4 is 17.6 Å². The van der Waals surface area contributed by atoms with E-state index in [4.69, 9.17) is 0 Å². The van der Waals surface area contributed by atoms with Gasteiger partial charge in [0.1, 0.15) is 5.82 Å². The molecule has 29 heavy (non-hydrogen) atoms. The number of carbonyl (C=O) groups is 2. The molecule has 1 aliphatic heterocycles. The monoisotopic (exact) mass is 397 g/mol.